The van der Waals surface area contributed by atoms with E-state index in [1.807, 2.05) is 0 Å². The molecule has 1 rings (SSSR count). The van der Waals surface area contributed by atoms with Gasteiger partial charge in [0, 0.05) is 6.07 Å². The number of aryl methyl sites for hydroxylation is 1. The summed E-state index contributed by atoms with van der Waals surface area (Å²) in [5.41, 5.74) is 0.225. The second kappa shape index (κ2) is 5.78. The zero-order chi connectivity index (χ0) is 13.8. The van der Waals surface area contributed by atoms with Crippen molar-refractivity contribution < 1.29 is 22.8 Å². The molecule has 0 aliphatic carbocycles. The smallest absolute Gasteiger partial charge is 0.322 e. The van der Waals surface area contributed by atoms with Crippen molar-refractivity contribution in [1.82, 2.24) is 9.88 Å². The maximum Gasteiger partial charge on any atom is 0.322 e. The first-order chi connectivity index (χ1) is 8.34. The van der Waals surface area contributed by atoms with Gasteiger partial charge in [-0.05, 0) is 13.3 Å². The molecule has 1 aromatic rings. The Balaban J connectivity index is 2.74. The third-order valence-electron chi connectivity index (χ3n) is 2.04. The summed E-state index contributed by atoms with van der Waals surface area (Å²) in [6, 6.07) is 0.253. The summed E-state index contributed by atoms with van der Waals surface area (Å²) in [6.07, 6.45) is 1.34. The molecule has 1 atom stereocenters. The fourth-order valence-electron chi connectivity index (χ4n) is 1.31. The summed E-state index contributed by atoms with van der Waals surface area (Å²) in [5, 5.41) is 12.4. The summed E-state index contributed by atoms with van der Waals surface area (Å²) < 4.78 is 30.2. The molecule has 0 spiro atoms. The highest BCUT2D eigenvalue weighted by Gasteiger charge is 2.23. The van der Waals surface area contributed by atoms with E-state index in [1.165, 1.54) is 12.1 Å². The molecule has 1 aromatic heterocycles. The number of sulfonamides is 1. The zero-order valence-electron chi connectivity index (χ0n) is 9.79. The molecule has 0 aromatic carbocycles. The quantitative estimate of drug-likeness (QED) is 0.698. The lowest BCUT2D eigenvalue weighted by molar-refractivity contribution is -0.138. The molecule has 0 fully saturated rings. The minimum absolute atomic E-state index is 0.00636. The third-order valence-corrected chi connectivity index (χ3v) is 3.36. The number of nitrogens with zero attached hydrogens (tertiary/aromatic N) is 1. The van der Waals surface area contributed by atoms with Crippen molar-refractivity contribution in [2.45, 2.75) is 25.1 Å². The average molecular weight is 274 g/mol. The van der Waals surface area contributed by atoms with Gasteiger partial charge >= 0.3 is 5.97 Å². The number of nitrogens with one attached hydrogen (secondary N) is 1. The molecule has 0 aliphatic heterocycles. The molecule has 0 radical (unpaired) electrons. The molecular formula is C10H14N2O5S. The van der Waals surface area contributed by atoms with E-state index >= 15 is 0 Å². The first kappa shape index (κ1) is 14.4. The lowest BCUT2D eigenvalue weighted by atomic mass is 10.2. The van der Waals surface area contributed by atoms with Crippen LogP contribution < -0.4 is 4.72 Å². The number of rotatable bonds is 7. The second-order valence-electron chi connectivity index (χ2n) is 3.72. The van der Waals surface area contributed by atoms with Crippen LogP contribution in [0.1, 0.15) is 17.9 Å². The number of aliphatic carboxylic acids is 1. The summed E-state index contributed by atoms with van der Waals surface area (Å²) in [7, 11) is -3.79. The van der Waals surface area contributed by atoms with Crippen molar-refractivity contribution in [1.29, 1.82) is 0 Å². The molecule has 0 saturated carbocycles. The number of carboxylic acids is 1. The van der Waals surface area contributed by atoms with E-state index in [0.29, 0.717) is 5.76 Å². The predicted molar refractivity (Wildman–Crippen MR) is 63.2 cm³/mol. The zero-order valence-corrected chi connectivity index (χ0v) is 10.6. The molecule has 18 heavy (non-hydrogen) atoms. The Morgan fingerprint density at radius 1 is 1.72 bits per heavy atom. The van der Waals surface area contributed by atoms with Crippen molar-refractivity contribution in [2.75, 3.05) is 0 Å². The molecule has 0 bridgehead atoms. The summed E-state index contributed by atoms with van der Waals surface area (Å²) in [6.45, 7) is 5.01. The third kappa shape index (κ3) is 4.30. The van der Waals surface area contributed by atoms with Crippen molar-refractivity contribution in [3.05, 3.63) is 30.2 Å². The first-order valence-corrected chi connectivity index (χ1v) is 6.75. The van der Waals surface area contributed by atoms with Gasteiger partial charge in [-0.2, -0.15) is 0 Å². The number of aromatic nitrogens is 1. The van der Waals surface area contributed by atoms with Gasteiger partial charge in [0.1, 0.15) is 23.2 Å². The van der Waals surface area contributed by atoms with Crippen LogP contribution in [0.15, 0.2) is 23.2 Å². The molecule has 7 nitrogen and oxygen atoms in total. The van der Waals surface area contributed by atoms with Gasteiger partial charge in [-0.25, -0.2) is 13.1 Å². The minimum Gasteiger partial charge on any atom is -0.480 e. The minimum atomic E-state index is -3.79. The molecule has 0 saturated heterocycles. The predicted octanol–water partition coefficient (Wildman–Crippen LogP) is 0.432. The average Bonchev–Trinajstić information content (AvgIpc) is 2.62. The fraction of sp³-hybridized carbons (Fsp3) is 0.400. The Labute approximate surface area is 105 Å². The molecule has 1 heterocycles. The maximum atomic E-state index is 11.7. The van der Waals surface area contributed by atoms with Crippen LogP contribution in [0.25, 0.3) is 0 Å². The van der Waals surface area contributed by atoms with Crippen LogP contribution in [0.3, 0.4) is 0 Å². The molecule has 100 valence electrons. The fourth-order valence-corrected chi connectivity index (χ4v) is 2.54. The largest absolute Gasteiger partial charge is 0.480 e. The Morgan fingerprint density at radius 3 is 2.83 bits per heavy atom. The molecule has 2 N–H and O–H groups in total. The van der Waals surface area contributed by atoms with Crippen LogP contribution in [0.2, 0.25) is 0 Å². The summed E-state index contributed by atoms with van der Waals surface area (Å²) in [4.78, 5) is 10.8. The van der Waals surface area contributed by atoms with Gasteiger partial charge in [0.2, 0.25) is 10.0 Å². The number of hydrogen-bond acceptors (Lipinski definition) is 5. The SMILES string of the molecule is C=CCC(NS(=O)(=O)Cc1cc(C)on1)C(=O)O. The monoisotopic (exact) mass is 274 g/mol. The Hall–Kier alpha value is -1.67. The Kier molecular flexibility index (Phi) is 4.62. The molecule has 0 amide bonds. The van der Waals surface area contributed by atoms with E-state index in [0.717, 1.165) is 0 Å². The Morgan fingerprint density at radius 2 is 2.39 bits per heavy atom. The molecular weight excluding hydrogens is 260 g/mol. The lowest BCUT2D eigenvalue weighted by Crippen LogP contribution is -2.40. The van der Waals surface area contributed by atoms with Crippen LogP contribution in [0, 0.1) is 6.92 Å². The number of hydrogen-bond donors (Lipinski definition) is 2. The highest BCUT2D eigenvalue weighted by atomic mass is 32.2. The van der Waals surface area contributed by atoms with Gasteiger partial charge in [-0.15, -0.1) is 6.58 Å². The highest BCUT2D eigenvalue weighted by molar-refractivity contribution is 7.88. The normalized spacial score (nSPS) is 13.2. The van der Waals surface area contributed by atoms with Crippen LogP contribution >= 0.6 is 0 Å². The van der Waals surface area contributed by atoms with Crippen LogP contribution in [0.5, 0.6) is 0 Å². The van der Waals surface area contributed by atoms with E-state index in [4.69, 9.17) is 9.63 Å². The van der Waals surface area contributed by atoms with E-state index in [2.05, 4.69) is 16.5 Å². The molecule has 0 aliphatic rings. The van der Waals surface area contributed by atoms with Crippen molar-refractivity contribution in [2.24, 2.45) is 0 Å². The van der Waals surface area contributed by atoms with Gasteiger partial charge in [0.15, 0.2) is 0 Å². The van der Waals surface area contributed by atoms with Crippen LogP contribution in [-0.2, 0) is 20.6 Å². The first-order valence-electron chi connectivity index (χ1n) is 5.10. The highest BCUT2D eigenvalue weighted by Crippen LogP contribution is 2.07. The summed E-state index contributed by atoms with van der Waals surface area (Å²) >= 11 is 0. The van der Waals surface area contributed by atoms with Gasteiger partial charge < -0.3 is 9.63 Å². The summed E-state index contributed by atoms with van der Waals surface area (Å²) in [5.74, 6) is -1.19. The van der Waals surface area contributed by atoms with Crippen LogP contribution in [0.4, 0.5) is 0 Å². The van der Waals surface area contributed by atoms with Crippen molar-refractivity contribution in [3.8, 4) is 0 Å². The van der Waals surface area contributed by atoms with Crippen LogP contribution in [-0.4, -0.2) is 30.7 Å². The maximum absolute atomic E-state index is 11.7. The van der Waals surface area contributed by atoms with Gasteiger partial charge in [0.25, 0.3) is 0 Å². The standard InChI is InChI=1S/C10H14N2O5S/c1-3-4-9(10(13)14)12-18(15,16)6-8-5-7(2)17-11-8/h3,5,9,12H,1,4,6H2,2H3,(H,13,14). The van der Waals surface area contributed by atoms with Gasteiger partial charge in [-0.3, -0.25) is 4.79 Å². The van der Waals surface area contributed by atoms with Crippen molar-refractivity contribution >= 4 is 16.0 Å². The van der Waals surface area contributed by atoms with E-state index in [9.17, 15) is 13.2 Å². The lowest BCUT2D eigenvalue weighted by Gasteiger charge is -2.11. The molecule has 8 heteroatoms. The van der Waals surface area contributed by atoms with E-state index in [1.54, 1.807) is 6.92 Å². The van der Waals surface area contributed by atoms with E-state index < -0.39 is 27.8 Å². The number of carboxylic acid groups (broad SMARTS) is 1. The van der Waals surface area contributed by atoms with Gasteiger partial charge in [-0.1, -0.05) is 11.2 Å². The second-order valence-corrected chi connectivity index (χ2v) is 5.47. The molecule has 1 unspecified atom stereocenters. The Bertz CT molecular complexity index is 534. The van der Waals surface area contributed by atoms with Crippen molar-refractivity contribution in [3.63, 3.8) is 0 Å². The number of carbonyl (C=O) groups is 1. The van der Waals surface area contributed by atoms with Gasteiger partial charge in [0.05, 0.1) is 0 Å². The van der Waals surface area contributed by atoms with E-state index in [-0.39, 0.29) is 12.1 Å². The topological polar surface area (TPSA) is 110 Å².